The zero-order valence-corrected chi connectivity index (χ0v) is 9.24. The van der Waals surface area contributed by atoms with Crippen molar-refractivity contribution >= 4 is 10.8 Å². The molecule has 2 aromatic rings. The highest BCUT2D eigenvalue weighted by atomic mass is 14.8. The highest BCUT2D eigenvalue weighted by Crippen LogP contribution is 2.15. The van der Waals surface area contributed by atoms with Crippen LogP contribution in [0.1, 0.15) is 12.0 Å². The summed E-state index contributed by atoms with van der Waals surface area (Å²) in [6.07, 6.45) is 5.98. The Labute approximate surface area is 96.5 Å². The van der Waals surface area contributed by atoms with E-state index in [4.69, 9.17) is 6.42 Å². The quantitative estimate of drug-likeness (QED) is 0.603. The Balaban J connectivity index is 2.05. The molecule has 2 aromatic carbocycles. The third-order valence-corrected chi connectivity index (χ3v) is 2.59. The van der Waals surface area contributed by atoms with Crippen LogP contribution in [-0.4, -0.2) is 6.54 Å². The van der Waals surface area contributed by atoms with Gasteiger partial charge in [0.1, 0.15) is 0 Å². The minimum atomic E-state index is 0.785. The third kappa shape index (κ3) is 2.62. The maximum absolute atomic E-state index is 5.19. The predicted octanol–water partition coefficient (Wildman–Crippen LogP) is 2.95. The summed E-state index contributed by atoms with van der Waals surface area (Å²) in [5.74, 6) is 2.62. The number of terminal acetylenes is 1. The van der Waals surface area contributed by atoms with E-state index in [-0.39, 0.29) is 0 Å². The molecule has 1 heteroatoms. The molecule has 0 heterocycles. The molecule has 0 aromatic heterocycles. The fourth-order valence-corrected chi connectivity index (χ4v) is 1.74. The molecule has 1 N–H and O–H groups in total. The Bertz CT molecular complexity index is 508. The summed E-state index contributed by atoms with van der Waals surface area (Å²) in [5.41, 5.74) is 1.30. The van der Waals surface area contributed by atoms with Gasteiger partial charge in [-0.05, 0) is 22.4 Å². The average Bonchev–Trinajstić information content (AvgIpc) is 2.34. The van der Waals surface area contributed by atoms with E-state index < -0.39 is 0 Å². The zero-order valence-electron chi connectivity index (χ0n) is 9.24. The highest BCUT2D eigenvalue weighted by molar-refractivity contribution is 5.82. The largest absolute Gasteiger partial charge is 0.312 e. The van der Waals surface area contributed by atoms with Crippen LogP contribution in [-0.2, 0) is 6.54 Å². The lowest BCUT2D eigenvalue weighted by molar-refractivity contribution is 0.702. The lowest BCUT2D eigenvalue weighted by Crippen LogP contribution is -2.13. The van der Waals surface area contributed by atoms with Gasteiger partial charge < -0.3 is 5.32 Å². The Hall–Kier alpha value is -1.78. The minimum absolute atomic E-state index is 0.785. The van der Waals surface area contributed by atoms with E-state index >= 15 is 0 Å². The van der Waals surface area contributed by atoms with Gasteiger partial charge in [-0.15, -0.1) is 12.3 Å². The first kappa shape index (κ1) is 10.7. The van der Waals surface area contributed by atoms with Crippen molar-refractivity contribution < 1.29 is 0 Å². The van der Waals surface area contributed by atoms with Gasteiger partial charge in [0.15, 0.2) is 0 Å². The molecule has 0 aliphatic rings. The van der Waals surface area contributed by atoms with E-state index in [2.05, 4.69) is 53.7 Å². The third-order valence-electron chi connectivity index (χ3n) is 2.59. The summed E-state index contributed by atoms with van der Waals surface area (Å²) >= 11 is 0. The van der Waals surface area contributed by atoms with Gasteiger partial charge in [-0.3, -0.25) is 0 Å². The molecule has 0 atom stereocenters. The second-order valence-electron chi connectivity index (χ2n) is 3.81. The summed E-state index contributed by atoms with van der Waals surface area (Å²) in [6, 6.07) is 14.9. The minimum Gasteiger partial charge on any atom is -0.312 e. The lowest BCUT2D eigenvalue weighted by atomic mass is 10.1. The number of hydrogen-bond donors (Lipinski definition) is 1. The number of nitrogens with one attached hydrogen (secondary N) is 1. The van der Waals surface area contributed by atoms with Gasteiger partial charge >= 0.3 is 0 Å². The molecule has 16 heavy (non-hydrogen) atoms. The van der Waals surface area contributed by atoms with Gasteiger partial charge in [0.2, 0.25) is 0 Å². The summed E-state index contributed by atoms with van der Waals surface area (Å²) in [6.45, 7) is 1.76. The molecule has 0 fully saturated rings. The maximum Gasteiger partial charge on any atom is 0.0212 e. The molecule has 0 bridgehead atoms. The molecule has 0 aliphatic heterocycles. The van der Waals surface area contributed by atoms with Crippen LogP contribution < -0.4 is 5.32 Å². The lowest BCUT2D eigenvalue weighted by Gasteiger charge is -2.04. The molecule has 80 valence electrons. The average molecular weight is 209 g/mol. The van der Waals surface area contributed by atoms with E-state index in [1.807, 2.05) is 0 Å². The smallest absolute Gasteiger partial charge is 0.0212 e. The molecule has 0 aliphatic carbocycles. The van der Waals surface area contributed by atoms with Crippen LogP contribution in [0.25, 0.3) is 10.8 Å². The standard InChI is InChI=1S/C15H15N/c1-2-3-10-16-12-13-8-9-14-6-4-5-7-15(14)11-13/h1,4-9,11,16H,3,10,12H2. The summed E-state index contributed by atoms with van der Waals surface area (Å²) < 4.78 is 0. The molecular formula is C15H15N. The molecule has 0 saturated carbocycles. The zero-order chi connectivity index (χ0) is 11.2. The summed E-state index contributed by atoms with van der Waals surface area (Å²) in [5, 5.41) is 5.90. The molecular weight excluding hydrogens is 194 g/mol. The van der Waals surface area contributed by atoms with Crippen LogP contribution in [0, 0.1) is 12.3 Å². The van der Waals surface area contributed by atoms with Crippen LogP contribution >= 0.6 is 0 Å². The molecule has 0 spiro atoms. The first-order chi connectivity index (χ1) is 7.90. The van der Waals surface area contributed by atoms with Gasteiger partial charge in [0.25, 0.3) is 0 Å². The number of hydrogen-bond acceptors (Lipinski definition) is 1. The van der Waals surface area contributed by atoms with Crippen molar-refractivity contribution in [2.45, 2.75) is 13.0 Å². The Morgan fingerprint density at radius 2 is 1.88 bits per heavy atom. The van der Waals surface area contributed by atoms with E-state index in [0.29, 0.717) is 0 Å². The van der Waals surface area contributed by atoms with Crippen molar-refractivity contribution in [2.75, 3.05) is 6.54 Å². The first-order valence-corrected chi connectivity index (χ1v) is 5.52. The predicted molar refractivity (Wildman–Crippen MR) is 69.1 cm³/mol. The first-order valence-electron chi connectivity index (χ1n) is 5.52. The Kier molecular flexibility index (Phi) is 3.58. The van der Waals surface area contributed by atoms with Crippen molar-refractivity contribution in [3.8, 4) is 12.3 Å². The molecule has 1 nitrogen and oxygen atoms in total. The second-order valence-corrected chi connectivity index (χ2v) is 3.81. The fourth-order valence-electron chi connectivity index (χ4n) is 1.74. The summed E-state index contributed by atoms with van der Waals surface area (Å²) in [7, 11) is 0. The van der Waals surface area contributed by atoms with Crippen LogP contribution in [0.3, 0.4) is 0 Å². The Morgan fingerprint density at radius 1 is 1.06 bits per heavy atom. The topological polar surface area (TPSA) is 12.0 Å². The van der Waals surface area contributed by atoms with E-state index in [1.165, 1.54) is 16.3 Å². The highest BCUT2D eigenvalue weighted by Gasteiger charge is 1.95. The maximum atomic E-state index is 5.19. The molecule has 0 radical (unpaired) electrons. The fraction of sp³-hybridized carbons (Fsp3) is 0.200. The van der Waals surface area contributed by atoms with Gasteiger partial charge in [-0.2, -0.15) is 0 Å². The van der Waals surface area contributed by atoms with Gasteiger partial charge in [0, 0.05) is 19.5 Å². The Morgan fingerprint density at radius 3 is 2.69 bits per heavy atom. The van der Waals surface area contributed by atoms with Crippen molar-refractivity contribution in [1.29, 1.82) is 0 Å². The van der Waals surface area contributed by atoms with E-state index in [0.717, 1.165) is 19.5 Å². The number of fused-ring (bicyclic) bond motifs is 1. The van der Waals surface area contributed by atoms with Crippen LogP contribution in [0.4, 0.5) is 0 Å². The van der Waals surface area contributed by atoms with Gasteiger partial charge in [-0.1, -0.05) is 36.4 Å². The van der Waals surface area contributed by atoms with Crippen molar-refractivity contribution in [3.05, 3.63) is 48.0 Å². The molecule has 2 rings (SSSR count). The number of rotatable bonds is 4. The second kappa shape index (κ2) is 5.34. The monoisotopic (exact) mass is 209 g/mol. The molecule has 0 saturated heterocycles. The van der Waals surface area contributed by atoms with Crippen molar-refractivity contribution in [1.82, 2.24) is 5.32 Å². The van der Waals surface area contributed by atoms with Crippen LogP contribution in [0.15, 0.2) is 42.5 Å². The normalized spacial score (nSPS) is 10.2. The SMILES string of the molecule is C#CCCNCc1ccc2ccccc2c1. The van der Waals surface area contributed by atoms with Gasteiger partial charge in [-0.25, -0.2) is 0 Å². The van der Waals surface area contributed by atoms with Crippen molar-refractivity contribution in [3.63, 3.8) is 0 Å². The molecule has 0 unspecified atom stereocenters. The van der Waals surface area contributed by atoms with Crippen LogP contribution in [0.5, 0.6) is 0 Å². The molecule has 0 amide bonds. The van der Waals surface area contributed by atoms with Crippen molar-refractivity contribution in [2.24, 2.45) is 0 Å². The number of benzene rings is 2. The summed E-state index contributed by atoms with van der Waals surface area (Å²) in [4.78, 5) is 0. The van der Waals surface area contributed by atoms with E-state index in [1.54, 1.807) is 0 Å². The van der Waals surface area contributed by atoms with Crippen LogP contribution in [0.2, 0.25) is 0 Å². The van der Waals surface area contributed by atoms with E-state index in [9.17, 15) is 0 Å². The van der Waals surface area contributed by atoms with Gasteiger partial charge in [0.05, 0.1) is 0 Å².